The van der Waals surface area contributed by atoms with Crippen LogP contribution in [0.15, 0.2) is 23.1 Å². The Labute approximate surface area is 151 Å². The highest BCUT2D eigenvalue weighted by Crippen LogP contribution is 2.25. The molecule has 2 aliphatic rings. The lowest BCUT2D eigenvalue weighted by molar-refractivity contribution is -0.126. The molecule has 2 fully saturated rings. The van der Waals surface area contributed by atoms with Crippen molar-refractivity contribution in [3.05, 3.63) is 29.8 Å². The normalized spacial score (nSPS) is 22.5. The van der Waals surface area contributed by atoms with Gasteiger partial charge >= 0.3 is 0 Å². The number of nitrogens with one attached hydrogen (secondary N) is 1. The number of rotatable bonds is 5. The summed E-state index contributed by atoms with van der Waals surface area (Å²) in [5.41, 5.74) is 0. The number of hydrogen-bond donors (Lipinski definition) is 1. The lowest BCUT2D eigenvalue weighted by atomic mass is 9.97. The van der Waals surface area contributed by atoms with Crippen LogP contribution in [0.2, 0.25) is 0 Å². The summed E-state index contributed by atoms with van der Waals surface area (Å²) >= 11 is 0. The fraction of sp³-hybridized carbons (Fsp3) is 0.588. The Morgan fingerprint density at radius 2 is 1.92 bits per heavy atom. The number of nitrogens with zero attached hydrogens (tertiary/aromatic N) is 1. The Balaban J connectivity index is 1.55. The second kappa shape index (κ2) is 7.98. The van der Waals surface area contributed by atoms with Crippen LogP contribution in [-0.4, -0.2) is 51.0 Å². The number of halogens is 2. The van der Waals surface area contributed by atoms with E-state index in [-0.39, 0.29) is 35.9 Å². The van der Waals surface area contributed by atoms with Crippen LogP contribution >= 0.6 is 0 Å². The molecule has 0 radical (unpaired) electrons. The molecule has 0 saturated carbocycles. The highest BCUT2D eigenvalue weighted by molar-refractivity contribution is 7.89. The molecule has 9 heteroatoms. The van der Waals surface area contributed by atoms with E-state index in [9.17, 15) is 22.0 Å². The van der Waals surface area contributed by atoms with Crippen LogP contribution in [0.4, 0.5) is 8.78 Å². The van der Waals surface area contributed by atoms with Gasteiger partial charge < -0.3 is 10.1 Å². The maximum atomic E-state index is 13.3. The van der Waals surface area contributed by atoms with Crippen molar-refractivity contribution in [2.75, 3.05) is 26.2 Å². The molecule has 3 rings (SSSR count). The fourth-order valence-corrected chi connectivity index (χ4v) is 4.79. The zero-order valence-electron chi connectivity index (χ0n) is 14.3. The van der Waals surface area contributed by atoms with Crippen LogP contribution in [-0.2, 0) is 19.6 Å². The molecule has 1 N–H and O–H groups in total. The minimum Gasteiger partial charge on any atom is -0.376 e. The molecule has 0 aliphatic carbocycles. The second-order valence-electron chi connectivity index (χ2n) is 6.63. The molecule has 144 valence electrons. The molecule has 0 bridgehead atoms. The molecule has 0 unspecified atom stereocenters. The number of carbonyl (C=O) groups is 1. The van der Waals surface area contributed by atoms with E-state index in [1.807, 2.05) is 0 Å². The summed E-state index contributed by atoms with van der Waals surface area (Å²) in [6.45, 7) is 1.53. The predicted molar refractivity (Wildman–Crippen MR) is 89.8 cm³/mol. The Morgan fingerprint density at radius 3 is 2.54 bits per heavy atom. The molecule has 0 aromatic heterocycles. The minimum absolute atomic E-state index is 0.0628. The SMILES string of the molecule is O=C(NC[C@@H]1CCCO1)C1CCN(S(=O)(=O)c2ccc(F)c(F)c2)CC1. The third-order valence-corrected chi connectivity index (χ3v) is 6.78. The van der Waals surface area contributed by atoms with Gasteiger partial charge in [-0.2, -0.15) is 4.31 Å². The Hall–Kier alpha value is -1.58. The summed E-state index contributed by atoms with van der Waals surface area (Å²) in [4.78, 5) is 12.0. The van der Waals surface area contributed by atoms with Gasteiger partial charge in [0.1, 0.15) is 0 Å². The van der Waals surface area contributed by atoms with Crippen LogP contribution < -0.4 is 5.32 Å². The van der Waals surface area contributed by atoms with E-state index in [2.05, 4.69) is 5.32 Å². The van der Waals surface area contributed by atoms with Crippen LogP contribution in [0.5, 0.6) is 0 Å². The minimum atomic E-state index is -3.90. The quantitative estimate of drug-likeness (QED) is 0.833. The van der Waals surface area contributed by atoms with Crippen molar-refractivity contribution in [1.29, 1.82) is 0 Å². The van der Waals surface area contributed by atoms with Crippen molar-refractivity contribution >= 4 is 15.9 Å². The number of piperidine rings is 1. The van der Waals surface area contributed by atoms with E-state index in [0.717, 1.165) is 31.6 Å². The second-order valence-corrected chi connectivity index (χ2v) is 8.57. The van der Waals surface area contributed by atoms with Crippen molar-refractivity contribution in [3.8, 4) is 0 Å². The van der Waals surface area contributed by atoms with Gasteiger partial charge in [-0.1, -0.05) is 0 Å². The highest BCUT2D eigenvalue weighted by atomic mass is 32.2. The van der Waals surface area contributed by atoms with Gasteiger partial charge in [0, 0.05) is 32.2 Å². The first-order valence-corrected chi connectivity index (χ1v) is 10.2. The Morgan fingerprint density at radius 1 is 1.19 bits per heavy atom. The average molecular weight is 388 g/mol. The number of carbonyl (C=O) groups excluding carboxylic acids is 1. The maximum Gasteiger partial charge on any atom is 0.243 e. The largest absolute Gasteiger partial charge is 0.376 e. The lowest BCUT2D eigenvalue weighted by Gasteiger charge is -2.30. The standard InChI is InChI=1S/C17H22F2N2O4S/c18-15-4-3-14(10-16(15)19)26(23,24)21-7-5-12(6-8-21)17(22)20-11-13-2-1-9-25-13/h3-4,10,12-13H,1-2,5-9,11H2,(H,20,22)/t13-/m0/s1. The van der Waals surface area contributed by atoms with Gasteiger partial charge in [-0.15, -0.1) is 0 Å². The number of amides is 1. The molecule has 1 aromatic rings. The molecular weight excluding hydrogens is 366 g/mol. The zero-order chi connectivity index (χ0) is 18.7. The lowest BCUT2D eigenvalue weighted by Crippen LogP contribution is -2.44. The number of sulfonamides is 1. The highest BCUT2D eigenvalue weighted by Gasteiger charge is 2.32. The summed E-state index contributed by atoms with van der Waals surface area (Å²) in [6.07, 6.45) is 2.78. The predicted octanol–water partition coefficient (Wildman–Crippen LogP) is 1.66. The Bertz CT molecular complexity index is 758. The zero-order valence-corrected chi connectivity index (χ0v) is 15.1. The summed E-state index contributed by atoms with van der Waals surface area (Å²) in [5, 5.41) is 2.87. The molecule has 2 aliphatic heterocycles. The molecule has 2 heterocycles. The Kier molecular flexibility index (Phi) is 5.89. The number of ether oxygens (including phenoxy) is 1. The third kappa shape index (κ3) is 4.21. The van der Waals surface area contributed by atoms with E-state index >= 15 is 0 Å². The van der Waals surface area contributed by atoms with Gasteiger partial charge in [0.25, 0.3) is 0 Å². The first kappa shape index (κ1) is 19.2. The van der Waals surface area contributed by atoms with Gasteiger partial charge in [0.15, 0.2) is 11.6 Å². The van der Waals surface area contributed by atoms with E-state index < -0.39 is 21.7 Å². The monoisotopic (exact) mass is 388 g/mol. The van der Waals surface area contributed by atoms with Crippen LogP contribution in [0.3, 0.4) is 0 Å². The smallest absolute Gasteiger partial charge is 0.243 e. The van der Waals surface area contributed by atoms with E-state index in [4.69, 9.17) is 4.74 Å². The summed E-state index contributed by atoms with van der Waals surface area (Å²) in [7, 11) is -3.90. The van der Waals surface area contributed by atoms with Crippen LogP contribution in [0, 0.1) is 17.6 Å². The van der Waals surface area contributed by atoms with Crippen LogP contribution in [0.1, 0.15) is 25.7 Å². The molecular formula is C17H22F2N2O4S. The molecule has 26 heavy (non-hydrogen) atoms. The molecule has 1 amide bonds. The van der Waals surface area contributed by atoms with Crippen LogP contribution in [0.25, 0.3) is 0 Å². The van der Waals surface area contributed by atoms with E-state index in [1.165, 1.54) is 4.31 Å². The van der Waals surface area contributed by atoms with Gasteiger partial charge in [0.2, 0.25) is 15.9 Å². The van der Waals surface area contributed by atoms with Crippen molar-refractivity contribution in [3.63, 3.8) is 0 Å². The molecule has 1 atom stereocenters. The summed E-state index contributed by atoms with van der Waals surface area (Å²) < 4.78 is 58.1. The molecule has 0 spiro atoms. The van der Waals surface area contributed by atoms with Crippen molar-refractivity contribution in [2.45, 2.75) is 36.7 Å². The van der Waals surface area contributed by atoms with Gasteiger partial charge in [-0.05, 0) is 43.9 Å². The number of hydrogen-bond acceptors (Lipinski definition) is 4. The fourth-order valence-electron chi connectivity index (χ4n) is 3.31. The first-order chi connectivity index (χ1) is 12.4. The van der Waals surface area contributed by atoms with E-state index in [1.54, 1.807) is 0 Å². The van der Waals surface area contributed by atoms with E-state index in [0.29, 0.717) is 25.5 Å². The first-order valence-electron chi connectivity index (χ1n) is 8.72. The van der Waals surface area contributed by atoms with Crippen molar-refractivity contribution < 1.29 is 26.7 Å². The van der Waals surface area contributed by atoms with Gasteiger partial charge in [-0.3, -0.25) is 4.79 Å². The maximum absolute atomic E-state index is 13.3. The molecule has 2 saturated heterocycles. The summed E-state index contributed by atoms with van der Waals surface area (Å²) in [6, 6.07) is 2.53. The average Bonchev–Trinajstić information content (AvgIpc) is 3.15. The molecule has 1 aromatic carbocycles. The third-order valence-electron chi connectivity index (χ3n) is 4.88. The molecule has 6 nitrogen and oxygen atoms in total. The number of benzene rings is 1. The van der Waals surface area contributed by atoms with Crippen molar-refractivity contribution in [2.24, 2.45) is 5.92 Å². The topological polar surface area (TPSA) is 75.7 Å². The van der Waals surface area contributed by atoms with Crippen molar-refractivity contribution in [1.82, 2.24) is 9.62 Å². The van der Waals surface area contributed by atoms with Gasteiger partial charge in [0.05, 0.1) is 11.0 Å². The summed E-state index contributed by atoms with van der Waals surface area (Å²) in [5.74, 6) is -2.64. The van der Waals surface area contributed by atoms with Gasteiger partial charge in [-0.25, -0.2) is 17.2 Å².